The molecule has 13 aromatic rings. The quantitative estimate of drug-likeness (QED) is 0.153. The molecule has 0 bridgehead atoms. The Labute approximate surface area is 393 Å². The molecule has 0 fully saturated rings. The third-order valence-electron chi connectivity index (χ3n) is 13.2. The zero-order chi connectivity index (χ0) is 45.0. The molecule has 10 aromatic carbocycles. The lowest BCUT2D eigenvalue weighted by atomic mass is 10.0. The van der Waals surface area contributed by atoms with Crippen LogP contribution in [0.2, 0.25) is 0 Å². The van der Waals surface area contributed by atoms with Crippen LogP contribution in [0.3, 0.4) is 0 Å². The smallest absolute Gasteiger partial charge is 0.164 e. The molecule has 5 nitrogen and oxygen atoms in total. The van der Waals surface area contributed by atoms with Crippen LogP contribution in [0.1, 0.15) is 0 Å². The zero-order valence-electron chi connectivity index (χ0n) is 36.9. The standard InChI is InChI=1S/C63H41N5/c1-5-17-42(18-6-1)45-29-31-47(32-30-45)62-64-61(46-23-11-4-12-24-46)65-63(66-62)50-37-49(44-21-9-3-10-22-44)38-52(39-50)68-59-36-34-51(67-57-27-15-13-25-53(57)54-26-14-16-28-58(54)67)41-56(59)55-35-33-48(40-60(55)68)43-19-7-2-8-20-43/h1-41H. The average Bonchev–Trinajstić information content (AvgIpc) is 3.94. The fourth-order valence-corrected chi connectivity index (χ4v) is 9.90. The monoisotopic (exact) mass is 867 g/mol. The van der Waals surface area contributed by atoms with Crippen molar-refractivity contribution in [3.63, 3.8) is 0 Å². The van der Waals surface area contributed by atoms with Crippen LogP contribution in [-0.2, 0) is 0 Å². The number of benzene rings is 10. The Bertz CT molecular complexity index is 3930. The fraction of sp³-hybridized carbons (Fsp3) is 0. The van der Waals surface area contributed by atoms with E-state index in [1.54, 1.807) is 0 Å². The number of rotatable bonds is 8. The Morgan fingerprint density at radius 2 is 0.603 bits per heavy atom. The summed E-state index contributed by atoms with van der Waals surface area (Å²) in [6.07, 6.45) is 0. The van der Waals surface area contributed by atoms with Gasteiger partial charge in [0.1, 0.15) is 0 Å². The molecule has 0 saturated heterocycles. The van der Waals surface area contributed by atoms with E-state index in [1.807, 2.05) is 24.3 Å². The van der Waals surface area contributed by atoms with Crippen LogP contribution in [0.25, 0.3) is 123 Å². The van der Waals surface area contributed by atoms with E-state index in [9.17, 15) is 0 Å². The van der Waals surface area contributed by atoms with E-state index in [2.05, 4.69) is 234 Å². The number of nitrogens with zero attached hydrogens (tertiary/aromatic N) is 5. The van der Waals surface area contributed by atoms with Crippen molar-refractivity contribution in [2.24, 2.45) is 0 Å². The third kappa shape index (κ3) is 6.84. The number of para-hydroxylation sites is 2. The van der Waals surface area contributed by atoms with Crippen LogP contribution < -0.4 is 0 Å². The minimum Gasteiger partial charge on any atom is -0.309 e. The molecular formula is C63H41N5. The molecule has 0 unspecified atom stereocenters. The first-order valence-corrected chi connectivity index (χ1v) is 23.0. The van der Waals surface area contributed by atoms with Crippen molar-refractivity contribution in [1.29, 1.82) is 0 Å². The van der Waals surface area contributed by atoms with Gasteiger partial charge in [-0.25, -0.2) is 15.0 Å². The van der Waals surface area contributed by atoms with Crippen LogP contribution in [0.15, 0.2) is 249 Å². The molecule has 0 spiro atoms. The molecule has 0 aliphatic rings. The first-order valence-electron chi connectivity index (χ1n) is 23.0. The van der Waals surface area contributed by atoms with Gasteiger partial charge in [-0.3, -0.25) is 0 Å². The Morgan fingerprint density at radius 3 is 1.21 bits per heavy atom. The summed E-state index contributed by atoms with van der Waals surface area (Å²) in [4.78, 5) is 15.7. The highest BCUT2D eigenvalue weighted by Crippen LogP contribution is 2.40. The highest BCUT2D eigenvalue weighted by Gasteiger charge is 2.20. The maximum absolute atomic E-state index is 5.29. The lowest BCUT2D eigenvalue weighted by Gasteiger charge is -2.15. The summed E-state index contributed by atoms with van der Waals surface area (Å²) >= 11 is 0. The minimum absolute atomic E-state index is 0.597. The Morgan fingerprint density at radius 1 is 0.206 bits per heavy atom. The van der Waals surface area contributed by atoms with Gasteiger partial charge in [-0.15, -0.1) is 0 Å². The molecule has 0 radical (unpaired) electrons. The second-order valence-electron chi connectivity index (χ2n) is 17.3. The van der Waals surface area contributed by atoms with E-state index < -0.39 is 0 Å². The summed E-state index contributed by atoms with van der Waals surface area (Å²) in [6, 6.07) is 88.3. The van der Waals surface area contributed by atoms with Gasteiger partial charge in [0.05, 0.1) is 22.1 Å². The number of fused-ring (bicyclic) bond motifs is 6. The van der Waals surface area contributed by atoms with E-state index in [4.69, 9.17) is 15.0 Å². The Hall–Kier alpha value is -9.19. The third-order valence-corrected chi connectivity index (χ3v) is 13.2. The van der Waals surface area contributed by atoms with Crippen molar-refractivity contribution in [2.45, 2.75) is 0 Å². The molecule has 0 aliphatic heterocycles. The second kappa shape index (κ2) is 16.4. The molecule has 0 saturated carbocycles. The van der Waals surface area contributed by atoms with Gasteiger partial charge in [-0.2, -0.15) is 0 Å². The molecule has 0 amide bonds. The van der Waals surface area contributed by atoms with Crippen molar-refractivity contribution in [1.82, 2.24) is 24.1 Å². The van der Waals surface area contributed by atoms with Crippen LogP contribution in [0, 0.1) is 0 Å². The lowest BCUT2D eigenvalue weighted by Crippen LogP contribution is -2.02. The summed E-state index contributed by atoms with van der Waals surface area (Å²) in [5.41, 5.74) is 16.2. The van der Waals surface area contributed by atoms with Gasteiger partial charge in [0.2, 0.25) is 0 Å². The van der Waals surface area contributed by atoms with Gasteiger partial charge in [0, 0.05) is 49.6 Å². The number of aromatic nitrogens is 5. The summed E-state index contributed by atoms with van der Waals surface area (Å²) in [5.74, 6) is 1.83. The molecule has 3 heterocycles. The first kappa shape index (κ1) is 39.2. The fourth-order valence-electron chi connectivity index (χ4n) is 9.90. The molecule has 318 valence electrons. The second-order valence-corrected chi connectivity index (χ2v) is 17.3. The minimum atomic E-state index is 0.597. The molecule has 13 rings (SSSR count). The van der Waals surface area contributed by atoms with Crippen molar-refractivity contribution in [2.75, 3.05) is 0 Å². The van der Waals surface area contributed by atoms with Gasteiger partial charge in [-0.05, 0) is 88.0 Å². The maximum Gasteiger partial charge on any atom is 0.164 e. The average molecular weight is 868 g/mol. The SMILES string of the molecule is c1ccc(-c2ccc(-c3nc(-c4ccccc4)nc(-c4cc(-c5ccccc5)cc(-n5c6ccc(-n7c8ccccc8c8ccccc87)cc6c6ccc(-c7ccccc7)cc65)c4)n3)cc2)cc1. The first-order chi connectivity index (χ1) is 33.7. The zero-order valence-corrected chi connectivity index (χ0v) is 36.9. The van der Waals surface area contributed by atoms with Gasteiger partial charge in [-0.1, -0.05) is 194 Å². The Kier molecular flexibility index (Phi) is 9.43. The predicted octanol–water partition coefficient (Wildman–Crippen LogP) is 16.1. The lowest BCUT2D eigenvalue weighted by molar-refractivity contribution is 1.07. The largest absolute Gasteiger partial charge is 0.309 e. The van der Waals surface area contributed by atoms with Gasteiger partial charge >= 0.3 is 0 Å². The summed E-state index contributed by atoms with van der Waals surface area (Å²) in [6.45, 7) is 0. The molecule has 0 atom stereocenters. The molecule has 68 heavy (non-hydrogen) atoms. The molecular weight excluding hydrogens is 827 g/mol. The summed E-state index contributed by atoms with van der Waals surface area (Å²) < 4.78 is 4.82. The van der Waals surface area contributed by atoms with Gasteiger partial charge < -0.3 is 9.13 Å². The number of hydrogen-bond donors (Lipinski definition) is 0. The normalized spacial score (nSPS) is 11.5. The van der Waals surface area contributed by atoms with Gasteiger partial charge in [0.25, 0.3) is 0 Å². The Balaban J connectivity index is 1.05. The maximum atomic E-state index is 5.29. The van der Waals surface area contributed by atoms with E-state index in [1.165, 1.54) is 38.1 Å². The summed E-state index contributed by atoms with van der Waals surface area (Å²) in [7, 11) is 0. The highest BCUT2D eigenvalue weighted by molar-refractivity contribution is 6.13. The number of hydrogen-bond acceptors (Lipinski definition) is 3. The molecule has 5 heteroatoms. The van der Waals surface area contributed by atoms with Crippen molar-refractivity contribution < 1.29 is 0 Å². The van der Waals surface area contributed by atoms with E-state index in [0.29, 0.717) is 17.5 Å². The predicted molar refractivity (Wildman–Crippen MR) is 281 cm³/mol. The summed E-state index contributed by atoms with van der Waals surface area (Å²) in [5, 5.41) is 4.81. The topological polar surface area (TPSA) is 48.5 Å². The highest BCUT2D eigenvalue weighted by atomic mass is 15.0. The van der Waals surface area contributed by atoms with Crippen LogP contribution in [0.4, 0.5) is 0 Å². The van der Waals surface area contributed by atoms with E-state index in [0.717, 1.165) is 66.9 Å². The van der Waals surface area contributed by atoms with Crippen molar-refractivity contribution in [3.8, 4) is 78.9 Å². The van der Waals surface area contributed by atoms with Crippen LogP contribution in [0.5, 0.6) is 0 Å². The van der Waals surface area contributed by atoms with E-state index >= 15 is 0 Å². The van der Waals surface area contributed by atoms with Crippen molar-refractivity contribution >= 4 is 43.6 Å². The van der Waals surface area contributed by atoms with Crippen LogP contribution >= 0.6 is 0 Å². The molecule has 0 N–H and O–H groups in total. The molecule has 3 aromatic heterocycles. The van der Waals surface area contributed by atoms with Crippen molar-refractivity contribution in [3.05, 3.63) is 249 Å². The van der Waals surface area contributed by atoms with Crippen LogP contribution in [-0.4, -0.2) is 24.1 Å². The van der Waals surface area contributed by atoms with Gasteiger partial charge in [0.15, 0.2) is 17.5 Å². The molecule has 0 aliphatic carbocycles. The van der Waals surface area contributed by atoms with E-state index in [-0.39, 0.29) is 0 Å².